The molecule has 0 saturated heterocycles. The van der Waals surface area contributed by atoms with Crippen molar-refractivity contribution in [3.05, 3.63) is 11.6 Å². The Morgan fingerprint density at radius 2 is 2.36 bits per heavy atom. The SMILES string of the molecule is CCC(C)NCc1nc(C2CC2)n[nH]1. The van der Waals surface area contributed by atoms with Crippen molar-refractivity contribution in [2.24, 2.45) is 0 Å². The Hall–Kier alpha value is -0.900. The van der Waals surface area contributed by atoms with Gasteiger partial charge in [-0.1, -0.05) is 6.92 Å². The normalized spacial score (nSPS) is 18.4. The van der Waals surface area contributed by atoms with E-state index in [0.29, 0.717) is 12.0 Å². The molecule has 1 fully saturated rings. The van der Waals surface area contributed by atoms with Crippen molar-refractivity contribution in [2.45, 2.75) is 51.6 Å². The van der Waals surface area contributed by atoms with Crippen molar-refractivity contribution in [2.75, 3.05) is 0 Å². The second-order valence-corrected chi connectivity index (χ2v) is 4.10. The monoisotopic (exact) mass is 194 g/mol. The van der Waals surface area contributed by atoms with E-state index in [9.17, 15) is 0 Å². The van der Waals surface area contributed by atoms with Gasteiger partial charge in [0.05, 0.1) is 6.54 Å². The molecule has 1 aliphatic rings. The Morgan fingerprint density at radius 1 is 1.57 bits per heavy atom. The van der Waals surface area contributed by atoms with Crippen molar-refractivity contribution in [1.82, 2.24) is 20.5 Å². The molecule has 0 spiro atoms. The highest BCUT2D eigenvalue weighted by Crippen LogP contribution is 2.37. The molecule has 1 aliphatic carbocycles. The zero-order valence-corrected chi connectivity index (χ0v) is 8.88. The van der Waals surface area contributed by atoms with Crippen LogP contribution in [-0.4, -0.2) is 21.2 Å². The van der Waals surface area contributed by atoms with E-state index >= 15 is 0 Å². The van der Waals surface area contributed by atoms with Crippen LogP contribution in [0.25, 0.3) is 0 Å². The zero-order chi connectivity index (χ0) is 9.97. The van der Waals surface area contributed by atoms with E-state index in [4.69, 9.17) is 0 Å². The summed E-state index contributed by atoms with van der Waals surface area (Å²) in [6, 6.07) is 0.546. The Bertz CT molecular complexity index is 290. The third-order valence-corrected chi connectivity index (χ3v) is 2.72. The highest BCUT2D eigenvalue weighted by molar-refractivity contribution is 5.04. The summed E-state index contributed by atoms with van der Waals surface area (Å²) in [5.74, 6) is 2.61. The van der Waals surface area contributed by atoms with Gasteiger partial charge in [-0.15, -0.1) is 0 Å². The highest BCUT2D eigenvalue weighted by Gasteiger charge is 2.27. The number of nitrogens with zero attached hydrogens (tertiary/aromatic N) is 2. The molecular formula is C10H18N4. The summed E-state index contributed by atoms with van der Waals surface area (Å²) in [6.45, 7) is 5.15. The molecule has 4 heteroatoms. The second kappa shape index (κ2) is 4.09. The van der Waals surface area contributed by atoms with Gasteiger partial charge in [-0.2, -0.15) is 5.10 Å². The molecule has 1 saturated carbocycles. The lowest BCUT2D eigenvalue weighted by Gasteiger charge is -2.08. The van der Waals surface area contributed by atoms with Gasteiger partial charge in [0.15, 0.2) is 5.82 Å². The first kappa shape index (κ1) is 9.65. The Kier molecular flexibility index (Phi) is 2.82. The summed E-state index contributed by atoms with van der Waals surface area (Å²) in [7, 11) is 0. The molecule has 0 aliphatic heterocycles. The average Bonchev–Trinajstić information content (AvgIpc) is 2.95. The van der Waals surface area contributed by atoms with Gasteiger partial charge in [0.2, 0.25) is 0 Å². The van der Waals surface area contributed by atoms with E-state index < -0.39 is 0 Å². The molecule has 2 N–H and O–H groups in total. The van der Waals surface area contributed by atoms with Gasteiger partial charge < -0.3 is 5.32 Å². The van der Waals surface area contributed by atoms with Crippen LogP contribution in [-0.2, 0) is 6.54 Å². The van der Waals surface area contributed by atoms with Crippen LogP contribution < -0.4 is 5.32 Å². The minimum absolute atomic E-state index is 0.546. The quantitative estimate of drug-likeness (QED) is 0.748. The van der Waals surface area contributed by atoms with E-state index in [2.05, 4.69) is 34.3 Å². The third-order valence-electron chi connectivity index (χ3n) is 2.72. The van der Waals surface area contributed by atoms with E-state index in [1.165, 1.54) is 12.8 Å². The third kappa shape index (κ3) is 2.32. The van der Waals surface area contributed by atoms with Gasteiger partial charge in [0.25, 0.3) is 0 Å². The molecule has 1 unspecified atom stereocenters. The molecule has 78 valence electrons. The summed E-state index contributed by atoms with van der Waals surface area (Å²) in [5.41, 5.74) is 0. The number of hydrogen-bond donors (Lipinski definition) is 2. The number of H-pyrrole nitrogens is 1. The van der Waals surface area contributed by atoms with Gasteiger partial charge in [-0.25, -0.2) is 4.98 Å². The maximum Gasteiger partial charge on any atom is 0.153 e. The lowest BCUT2D eigenvalue weighted by atomic mass is 10.2. The van der Waals surface area contributed by atoms with E-state index in [1.54, 1.807) is 0 Å². The fraction of sp³-hybridized carbons (Fsp3) is 0.800. The fourth-order valence-corrected chi connectivity index (χ4v) is 1.33. The van der Waals surface area contributed by atoms with E-state index in [1.807, 2.05) is 0 Å². The van der Waals surface area contributed by atoms with Crippen LogP contribution >= 0.6 is 0 Å². The average molecular weight is 194 g/mol. The lowest BCUT2D eigenvalue weighted by molar-refractivity contribution is 0.523. The minimum atomic E-state index is 0.546. The Morgan fingerprint density at radius 3 is 3.00 bits per heavy atom. The molecule has 14 heavy (non-hydrogen) atoms. The van der Waals surface area contributed by atoms with Crippen molar-refractivity contribution in [3.63, 3.8) is 0 Å². The van der Waals surface area contributed by atoms with Gasteiger partial charge in [-0.05, 0) is 26.2 Å². The predicted molar refractivity (Wildman–Crippen MR) is 55.0 cm³/mol. The molecule has 1 atom stereocenters. The molecule has 0 amide bonds. The predicted octanol–water partition coefficient (Wildman–Crippen LogP) is 1.57. The Balaban J connectivity index is 1.83. The smallest absolute Gasteiger partial charge is 0.153 e. The first-order chi connectivity index (χ1) is 6.79. The van der Waals surface area contributed by atoms with Gasteiger partial charge in [0.1, 0.15) is 5.82 Å². The van der Waals surface area contributed by atoms with Crippen LogP contribution in [0.4, 0.5) is 0 Å². The summed E-state index contributed by atoms with van der Waals surface area (Å²) in [5, 5.41) is 10.6. The molecule has 0 bridgehead atoms. The van der Waals surface area contributed by atoms with Crippen LogP contribution in [0.1, 0.15) is 50.7 Å². The topological polar surface area (TPSA) is 53.6 Å². The maximum absolute atomic E-state index is 4.45. The van der Waals surface area contributed by atoms with Crippen LogP contribution in [0.3, 0.4) is 0 Å². The molecule has 2 rings (SSSR count). The van der Waals surface area contributed by atoms with E-state index in [0.717, 1.165) is 24.6 Å². The van der Waals surface area contributed by atoms with Crippen LogP contribution in [0.2, 0.25) is 0 Å². The summed E-state index contributed by atoms with van der Waals surface area (Å²) in [6.07, 6.45) is 3.66. The largest absolute Gasteiger partial charge is 0.307 e. The molecule has 1 aromatic rings. The fourth-order valence-electron chi connectivity index (χ4n) is 1.33. The Labute approximate surface area is 84.5 Å². The summed E-state index contributed by atoms with van der Waals surface area (Å²) >= 11 is 0. The summed E-state index contributed by atoms with van der Waals surface area (Å²) < 4.78 is 0. The molecule has 4 nitrogen and oxygen atoms in total. The van der Waals surface area contributed by atoms with Crippen LogP contribution in [0, 0.1) is 0 Å². The van der Waals surface area contributed by atoms with Gasteiger partial charge >= 0.3 is 0 Å². The highest BCUT2D eigenvalue weighted by atomic mass is 15.2. The van der Waals surface area contributed by atoms with Gasteiger partial charge in [-0.3, -0.25) is 5.10 Å². The zero-order valence-electron chi connectivity index (χ0n) is 8.88. The maximum atomic E-state index is 4.45. The van der Waals surface area contributed by atoms with Crippen LogP contribution in [0.5, 0.6) is 0 Å². The number of nitrogens with one attached hydrogen (secondary N) is 2. The number of hydrogen-bond acceptors (Lipinski definition) is 3. The molecule has 0 radical (unpaired) electrons. The number of rotatable bonds is 5. The van der Waals surface area contributed by atoms with Crippen molar-refractivity contribution >= 4 is 0 Å². The minimum Gasteiger partial charge on any atom is -0.307 e. The number of aromatic nitrogens is 3. The standard InChI is InChI=1S/C10H18N4/c1-3-7(2)11-6-9-12-10(14-13-9)8-4-5-8/h7-8,11H,3-6H2,1-2H3,(H,12,13,14). The summed E-state index contributed by atoms with van der Waals surface area (Å²) in [4.78, 5) is 4.45. The molecule has 1 aromatic heterocycles. The van der Waals surface area contributed by atoms with Gasteiger partial charge in [0, 0.05) is 12.0 Å². The van der Waals surface area contributed by atoms with Crippen LogP contribution in [0.15, 0.2) is 0 Å². The molecule has 0 aromatic carbocycles. The van der Waals surface area contributed by atoms with Crippen molar-refractivity contribution in [3.8, 4) is 0 Å². The second-order valence-electron chi connectivity index (χ2n) is 4.10. The lowest BCUT2D eigenvalue weighted by Crippen LogP contribution is -2.24. The first-order valence-electron chi connectivity index (χ1n) is 5.44. The van der Waals surface area contributed by atoms with Crippen molar-refractivity contribution in [1.29, 1.82) is 0 Å². The van der Waals surface area contributed by atoms with E-state index in [-0.39, 0.29) is 0 Å². The number of aromatic amines is 1. The molecule has 1 heterocycles. The first-order valence-corrected chi connectivity index (χ1v) is 5.44. The molecular weight excluding hydrogens is 176 g/mol. The van der Waals surface area contributed by atoms with Crippen molar-refractivity contribution < 1.29 is 0 Å².